The van der Waals surface area contributed by atoms with Crippen LogP contribution in [0, 0.1) is 5.92 Å². The number of anilines is 1. The van der Waals surface area contributed by atoms with E-state index in [1.807, 2.05) is 12.1 Å². The van der Waals surface area contributed by atoms with Crippen LogP contribution in [-0.4, -0.2) is 49.7 Å². The zero-order chi connectivity index (χ0) is 15.4. The third-order valence-electron chi connectivity index (χ3n) is 3.93. The Morgan fingerprint density at radius 3 is 2.62 bits per heavy atom. The van der Waals surface area contributed by atoms with E-state index in [0.717, 1.165) is 31.2 Å². The number of amidine groups is 1. The molecule has 0 saturated carbocycles. The third-order valence-corrected chi connectivity index (χ3v) is 4.23. The molecule has 0 unspecified atom stereocenters. The molecule has 21 heavy (non-hydrogen) atoms. The first-order valence-electron chi connectivity index (χ1n) is 7.18. The number of nitrogens with zero attached hydrogens (tertiary/aromatic N) is 3. The second-order valence-corrected chi connectivity index (χ2v) is 6.25. The first kappa shape index (κ1) is 15.9. The molecule has 0 aromatic heterocycles. The standard InChI is InChI=1S/C15H23ClN4O/c1-19(2)10-11-5-7-20(8-6-11)14-4-3-12(9-13(14)16)15(17)18-21/h3-4,9,11,21H,5-8,10H2,1-2H3,(H2,17,18). The van der Waals surface area contributed by atoms with Crippen LogP contribution in [0.3, 0.4) is 0 Å². The van der Waals surface area contributed by atoms with Crippen molar-refractivity contribution in [3.63, 3.8) is 0 Å². The van der Waals surface area contributed by atoms with Crippen molar-refractivity contribution in [2.24, 2.45) is 16.8 Å². The predicted octanol–water partition coefficient (Wildman–Crippen LogP) is 2.21. The Kier molecular flexibility index (Phi) is 5.31. The number of nitrogens with two attached hydrogens (primary N) is 1. The van der Waals surface area contributed by atoms with Gasteiger partial charge in [0, 0.05) is 25.2 Å². The molecule has 1 aliphatic rings. The number of oxime groups is 1. The van der Waals surface area contributed by atoms with Crippen molar-refractivity contribution in [3.8, 4) is 0 Å². The van der Waals surface area contributed by atoms with Gasteiger partial charge >= 0.3 is 0 Å². The fourth-order valence-corrected chi connectivity index (χ4v) is 3.15. The molecule has 0 atom stereocenters. The second kappa shape index (κ2) is 7.00. The van der Waals surface area contributed by atoms with E-state index in [9.17, 15) is 0 Å². The van der Waals surface area contributed by atoms with E-state index < -0.39 is 0 Å². The van der Waals surface area contributed by atoms with Gasteiger partial charge in [0.25, 0.3) is 0 Å². The molecule has 0 bridgehead atoms. The lowest BCUT2D eigenvalue weighted by Gasteiger charge is -2.35. The van der Waals surface area contributed by atoms with Gasteiger partial charge in [-0.2, -0.15) is 0 Å². The van der Waals surface area contributed by atoms with Crippen LogP contribution < -0.4 is 10.6 Å². The van der Waals surface area contributed by atoms with E-state index in [0.29, 0.717) is 10.6 Å². The van der Waals surface area contributed by atoms with Crippen molar-refractivity contribution in [1.29, 1.82) is 0 Å². The van der Waals surface area contributed by atoms with Crippen molar-refractivity contribution in [2.75, 3.05) is 38.6 Å². The van der Waals surface area contributed by atoms with E-state index in [1.54, 1.807) is 6.07 Å². The fraction of sp³-hybridized carbons (Fsp3) is 0.533. The number of halogens is 1. The lowest BCUT2D eigenvalue weighted by molar-refractivity contribution is 0.285. The SMILES string of the molecule is CN(C)CC1CCN(c2ccc(C(N)=NO)cc2Cl)CC1. The highest BCUT2D eigenvalue weighted by Crippen LogP contribution is 2.30. The maximum atomic E-state index is 8.70. The quantitative estimate of drug-likeness (QED) is 0.387. The molecule has 6 heteroatoms. The molecule has 1 fully saturated rings. The summed E-state index contributed by atoms with van der Waals surface area (Å²) in [5, 5.41) is 12.3. The molecule has 0 spiro atoms. The van der Waals surface area contributed by atoms with Gasteiger partial charge in [0.15, 0.2) is 5.84 Å². The average molecular weight is 311 g/mol. The molecule has 3 N–H and O–H groups in total. The maximum absolute atomic E-state index is 8.70. The van der Waals surface area contributed by atoms with Crippen LogP contribution in [0.1, 0.15) is 18.4 Å². The lowest BCUT2D eigenvalue weighted by Crippen LogP contribution is -2.37. The molecule has 5 nitrogen and oxygen atoms in total. The first-order valence-corrected chi connectivity index (χ1v) is 7.56. The number of rotatable bonds is 4. The summed E-state index contributed by atoms with van der Waals surface area (Å²) in [4.78, 5) is 4.56. The smallest absolute Gasteiger partial charge is 0.170 e. The van der Waals surface area contributed by atoms with Crippen molar-refractivity contribution in [3.05, 3.63) is 28.8 Å². The van der Waals surface area contributed by atoms with Gasteiger partial charge in [-0.3, -0.25) is 0 Å². The van der Waals surface area contributed by atoms with Gasteiger partial charge in [0.1, 0.15) is 0 Å². The molecule has 0 radical (unpaired) electrons. The van der Waals surface area contributed by atoms with E-state index in [-0.39, 0.29) is 5.84 Å². The Balaban J connectivity index is 2.04. The highest BCUT2D eigenvalue weighted by molar-refractivity contribution is 6.33. The highest BCUT2D eigenvalue weighted by atomic mass is 35.5. The molecule has 1 aliphatic heterocycles. The van der Waals surface area contributed by atoms with Gasteiger partial charge in [0.05, 0.1) is 10.7 Å². The summed E-state index contributed by atoms with van der Waals surface area (Å²) >= 11 is 6.34. The number of benzene rings is 1. The van der Waals surface area contributed by atoms with E-state index in [2.05, 4.69) is 29.1 Å². The van der Waals surface area contributed by atoms with Crippen molar-refractivity contribution in [1.82, 2.24) is 4.90 Å². The predicted molar refractivity (Wildman–Crippen MR) is 87.5 cm³/mol. The topological polar surface area (TPSA) is 65.1 Å². The lowest BCUT2D eigenvalue weighted by atomic mass is 9.96. The number of hydrogen-bond donors (Lipinski definition) is 2. The Bertz CT molecular complexity index is 510. The van der Waals surface area contributed by atoms with Crippen LogP contribution in [0.15, 0.2) is 23.4 Å². The minimum atomic E-state index is 0.0770. The monoisotopic (exact) mass is 310 g/mol. The van der Waals surface area contributed by atoms with Gasteiger partial charge in [-0.1, -0.05) is 16.8 Å². The van der Waals surface area contributed by atoms with Gasteiger partial charge < -0.3 is 20.7 Å². The van der Waals surface area contributed by atoms with Crippen molar-refractivity contribution < 1.29 is 5.21 Å². The molecule has 116 valence electrons. The van der Waals surface area contributed by atoms with Crippen LogP contribution in [0.5, 0.6) is 0 Å². The summed E-state index contributed by atoms with van der Waals surface area (Å²) in [7, 11) is 4.24. The van der Waals surface area contributed by atoms with E-state index in [1.165, 1.54) is 12.8 Å². The van der Waals surface area contributed by atoms with E-state index in [4.69, 9.17) is 22.5 Å². The fourth-order valence-electron chi connectivity index (χ4n) is 2.85. The van der Waals surface area contributed by atoms with Crippen molar-refractivity contribution in [2.45, 2.75) is 12.8 Å². The summed E-state index contributed by atoms with van der Waals surface area (Å²) in [5.41, 5.74) is 7.24. The Morgan fingerprint density at radius 2 is 2.10 bits per heavy atom. The Morgan fingerprint density at radius 1 is 1.43 bits per heavy atom. The second-order valence-electron chi connectivity index (χ2n) is 5.84. The minimum absolute atomic E-state index is 0.0770. The summed E-state index contributed by atoms with van der Waals surface area (Å²) in [6.07, 6.45) is 2.35. The molecule has 1 heterocycles. The third kappa shape index (κ3) is 4.02. The Labute approximate surface area is 131 Å². The summed E-state index contributed by atoms with van der Waals surface area (Å²) in [6.45, 7) is 3.17. The Hall–Kier alpha value is -1.46. The summed E-state index contributed by atoms with van der Waals surface area (Å²) in [6, 6.07) is 5.53. The van der Waals surface area contributed by atoms with Crippen LogP contribution in [0.2, 0.25) is 5.02 Å². The van der Waals surface area contributed by atoms with Crippen LogP contribution in [0.25, 0.3) is 0 Å². The minimum Gasteiger partial charge on any atom is -0.409 e. The zero-order valence-corrected chi connectivity index (χ0v) is 13.3. The molecular weight excluding hydrogens is 288 g/mol. The molecule has 1 aromatic carbocycles. The van der Waals surface area contributed by atoms with Gasteiger partial charge in [-0.05, 0) is 51.1 Å². The number of piperidine rings is 1. The maximum Gasteiger partial charge on any atom is 0.170 e. The first-order chi connectivity index (χ1) is 10.0. The molecule has 0 amide bonds. The summed E-state index contributed by atoms with van der Waals surface area (Å²) < 4.78 is 0. The molecule has 0 aliphatic carbocycles. The van der Waals surface area contributed by atoms with E-state index >= 15 is 0 Å². The van der Waals surface area contributed by atoms with Crippen molar-refractivity contribution >= 4 is 23.1 Å². The van der Waals surface area contributed by atoms with Gasteiger partial charge in [-0.15, -0.1) is 0 Å². The molecule has 2 rings (SSSR count). The van der Waals surface area contributed by atoms with Gasteiger partial charge in [0.2, 0.25) is 0 Å². The highest BCUT2D eigenvalue weighted by Gasteiger charge is 2.21. The number of hydrogen-bond acceptors (Lipinski definition) is 4. The normalized spacial score (nSPS) is 17.5. The molecular formula is C15H23ClN4O. The molecule has 1 aromatic rings. The zero-order valence-electron chi connectivity index (χ0n) is 12.6. The van der Waals surface area contributed by atoms with Gasteiger partial charge in [-0.25, -0.2) is 0 Å². The summed E-state index contributed by atoms with van der Waals surface area (Å²) in [5.74, 6) is 0.833. The van der Waals surface area contributed by atoms with Crippen LogP contribution in [0.4, 0.5) is 5.69 Å². The largest absolute Gasteiger partial charge is 0.409 e. The molecule has 1 saturated heterocycles. The van der Waals surface area contributed by atoms with Crippen LogP contribution >= 0.6 is 11.6 Å². The van der Waals surface area contributed by atoms with Crippen LogP contribution in [-0.2, 0) is 0 Å². The average Bonchev–Trinajstić information content (AvgIpc) is 2.47.